The number of nitro groups is 1. The molecule has 1 aliphatic heterocycles. The van der Waals surface area contributed by atoms with Crippen molar-refractivity contribution in [3.05, 3.63) is 34.1 Å². The van der Waals surface area contributed by atoms with Crippen molar-refractivity contribution < 1.29 is 9.72 Å². The van der Waals surface area contributed by atoms with Gasteiger partial charge >= 0.3 is 5.69 Å². The monoisotopic (exact) mass is 322 g/mol. The molecule has 1 amide bonds. The predicted molar refractivity (Wildman–Crippen MR) is 79.8 cm³/mol. The van der Waals surface area contributed by atoms with Crippen LogP contribution in [0.5, 0.6) is 0 Å². The topological polar surface area (TPSA) is 97.4 Å². The third-order valence-corrected chi connectivity index (χ3v) is 4.28. The van der Waals surface area contributed by atoms with E-state index in [0.29, 0.717) is 13.1 Å². The number of hydrogen-bond acceptors (Lipinski definition) is 7. The molecule has 9 nitrogen and oxygen atoms in total. The summed E-state index contributed by atoms with van der Waals surface area (Å²) in [6.07, 6.45) is 4.18. The van der Waals surface area contributed by atoms with Gasteiger partial charge in [0.1, 0.15) is 18.9 Å². The van der Waals surface area contributed by atoms with Crippen molar-refractivity contribution in [2.75, 3.05) is 31.1 Å². The molecule has 2 aromatic rings. The van der Waals surface area contributed by atoms with Crippen molar-refractivity contribution in [2.45, 2.75) is 6.54 Å². The predicted octanol–water partition coefficient (Wildman–Crippen LogP) is 0.597. The van der Waals surface area contributed by atoms with Crippen LogP contribution in [-0.4, -0.2) is 56.7 Å². The molecule has 22 heavy (non-hydrogen) atoms. The summed E-state index contributed by atoms with van der Waals surface area (Å²) in [6, 6.07) is 0. The second-order valence-electron chi connectivity index (χ2n) is 4.84. The SMILES string of the molecule is O=C(Cn1cc([N+](=O)[O-])cn1)N1CCN(c2nccs2)CC1. The smallest absolute Gasteiger partial charge is 0.307 e. The van der Waals surface area contributed by atoms with Gasteiger partial charge in [0.15, 0.2) is 5.13 Å². The minimum atomic E-state index is -0.527. The fraction of sp³-hybridized carbons (Fsp3) is 0.417. The first kappa shape index (κ1) is 14.4. The Morgan fingerprint density at radius 1 is 1.36 bits per heavy atom. The molecular formula is C12H14N6O3S. The number of thiazole rings is 1. The van der Waals surface area contributed by atoms with Gasteiger partial charge in [0.25, 0.3) is 0 Å². The summed E-state index contributed by atoms with van der Waals surface area (Å²) < 4.78 is 1.30. The van der Waals surface area contributed by atoms with Crippen molar-refractivity contribution in [1.29, 1.82) is 0 Å². The minimum absolute atomic E-state index is 0.0189. The Morgan fingerprint density at radius 3 is 2.73 bits per heavy atom. The Balaban J connectivity index is 1.54. The molecule has 1 saturated heterocycles. The number of hydrogen-bond donors (Lipinski definition) is 0. The van der Waals surface area contributed by atoms with E-state index in [9.17, 15) is 14.9 Å². The molecule has 0 atom stereocenters. The number of carbonyl (C=O) groups excluding carboxylic acids is 1. The highest BCUT2D eigenvalue weighted by Gasteiger charge is 2.23. The van der Waals surface area contributed by atoms with Gasteiger partial charge in [0.2, 0.25) is 5.91 Å². The van der Waals surface area contributed by atoms with E-state index in [0.717, 1.165) is 24.4 Å². The molecule has 10 heteroatoms. The highest BCUT2D eigenvalue weighted by atomic mass is 32.1. The van der Waals surface area contributed by atoms with Crippen LogP contribution in [0.15, 0.2) is 24.0 Å². The molecule has 3 heterocycles. The molecule has 1 aliphatic rings. The van der Waals surface area contributed by atoms with Gasteiger partial charge < -0.3 is 9.80 Å². The van der Waals surface area contributed by atoms with E-state index in [2.05, 4.69) is 15.0 Å². The number of rotatable bonds is 4. The zero-order chi connectivity index (χ0) is 15.5. The molecule has 0 spiro atoms. The van der Waals surface area contributed by atoms with Gasteiger partial charge in [-0.25, -0.2) is 4.98 Å². The van der Waals surface area contributed by atoms with Crippen molar-refractivity contribution >= 4 is 28.1 Å². The summed E-state index contributed by atoms with van der Waals surface area (Å²) >= 11 is 1.58. The van der Waals surface area contributed by atoms with Gasteiger partial charge in [-0.15, -0.1) is 11.3 Å². The van der Waals surface area contributed by atoms with E-state index >= 15 is 0 Å². The molecule has 0 radical (unpaired) electrons. The van der Waals surface area contributed by atoms with Gasteiger partial charge in [0.05, 0.1) is 4.92 Å². The first-order valence-corrected chi connectivity index (χ1v) is 7.60. The van der Waals surface area contributed by atoms with Crippen LogP contribution in [0.4, 0.5) is 10.8 Å². The molecule has 0 unspecified atom stereocenters. The Hall–Kier alpha value is -2.49. The van der Waals surface area contributed by atoms with Crippen LogP contribution in [0, 0.1) is 10.1 Å². The number of nitrogens with zero attached hydrogens (tertiary/aromatic N) is 6. The highest BCUT2D eigenvalue weighted by Crippen LogP contribution is 2.19. The molecule has 3 rings (SSSR count). The lowest BCUT2D eigenvalue weighted by Gasteiger charge is -2.34. The lowest BCUT2D eigenvalue weighted by atomic mass is 10.3. The van der Waals surface area contributed by atoms with Gasteiger partial charge in [-0.1, -0.05) is 0 Å². The van der Waals surface area contributed by atoms with Crippen LogP contribution in [0.3, 0.4) is 0 Å². The van der Waals surface area contributed by atoms with E-state index in [1.165, 1.54) is 10.9 Å². The number of amides is 1. The van der Waals surface area contributed by atoms with Crippen LogP contribution in [0.2, 0.25) is 0 Å². The van der Waals surface area contributed by atoms with Crippen LogP contribution in [-0.2, 0) is 11.3 Å². The molecule has 0 saturated carbocycles. The van der Waals surface area contributed by atoms with E-state index in [-0.39, 0.29) is 18.1 Å². The zero-order valence-electron chi connectivity index (χ0n) is 11.7. The summed E-state index contributed by atoms with van der Waals surface area (Å²) in [5, 5.41) is 17.3. The molecule has 1 fully saturated rings. The summed E-state index contributed by atoms with van der Waals surface area (Å²) in [4.78, 5) is 30.4. The van der Waals surface area contributed by atoms with Crippen LogP contribution >= 0.6 is 11.3 Å². The van der Waals surface area contributed by atoms with Crippen LogP contribution in [0.1, 0.15) is 0 Å². The largest absolute Gasteiger partial charge is 0.345 e. The van der Waals surface area contributed by atoms with E-state index in [1.807, 2.05) is 5.38 Å². The molecule has 116 valence electrons. The van der Waals surface area contributed by atoms with E-state index in [4.69, 9.17) is 0 Å². The Bertz CT molecular complexity index is 662. The summed E-state index contributed by atoms with van der Waals surface area (Å²) in [5.41, 5.74) is -0.110. The normalized spacial score (nSPS) is 15.1. The Labute approximate surface area is 129 Å². The van der Waals surface area contributed by atoms with Crippen LogP contribution < -0.4 is 4.90 Å². The van der Waals surface area contributed by atoms with Gasteiger partial charge in [-0.3, -0.25) is 19.6 Å². The lowest BCUT2D eigenvalue weighted by molar-refractivity contribution is -0.385. The molecule has 0 aliphatic carbocycles. The van der Waals surface area contributed by atoms with Crippen LogP contribution in [0.25, 0.3) is 0 Å². The van der Waals surface area contributed by atoms with Gasteiger partial charge in [-0.2, -0.15) is 5.10 Å². The summed E-state index contributed by atoms with van der Waals surface area (Å²) in [7, 11) is 0. The minimum Gasteiger partial charge on any atom is -0.345 e. The number of carbonyl (C=O) groups is 1. The van der Waals surface area contributed by atoms with Gasteiger partial charge in [-0.05, 0) is 0 Å². The van der Waals surface area contributed by atoms with E-state index < -0.39 is 4.92 Å². The Kier molecular flexibility index (Phi) is 4.00. The standard InChI is InChI=1S/C12H14N6O3S/c19-11(9-17-8-10(7-14-17)18(20)21)15-2-4-16(5-3-15)12-13-1-6-22-12/h1,6-8H,2-5,9H2. The maximum Gasteiger partial charge on any atom is 0.307 e. The van der Waals surface area contributed by atoms with Crippen molar-refractivity contribution in [1.82, 2.24) is 19.7 Å². The fourth-order valence-corrected chi connectivity index (χ4v) is 2.99. The quantitative estimate of drug-likeness (QED) is 0.604. The van der Waals surface area contributed by atoms with Gasteiger partial charge in [0, 0.05) is 37.8 Å². The molecule has 0 aromatic carbocycles. The lowest BCUT2D eigenvalue weighted by Crippen LogP contribution is -2.49. The average Bonchev–Trinajstić information content (AvgIpc) is 3.19. The number of piperazine rings is 1. The third kappa shape index (κ3) is 3.06. The first-order chi connectivity index (χ1) is 10.6. The zero-order valence-corrected chi connectivity index (χ0v) is 12.5. The maximum absolute atomic E-state index is 12.2. The molecule has 0 bridgehead atoms. The number of anilines is 1. The highest BCUT2D eigenvalue weighted by molar-refractivity contribution is 7.13. The van der Waals surface area contributed by atoms with Crippen molar-refractivity contribution in [3.63, 3.8) is 0 Å². The van der Waals surface area contributed by atoms with Crippen molar-refractivity contribution in [2.24, 2.45) is 0 Å². The summed E-state index contributed by atoms with van der Waals surface area (Å²) in [6.45, 7) is 2.71. The second-order valence-corrected chi connectivity index (χ2v) is 5.71. The first-order valence-electron chi connectivity index (χ1n) is 6.72. The molecule has 2 aromatic heterocycles. The average molecular weight is 322 g/mol. The molecule has 0 N–H and O–H groups in total. The fourth-order valence-electron chi connectivity index (χ4n) is 2.29. The summed E-state index contributed by atoms with van der Waals surface area (Å²) in [5.74, 6) is -0.0863. The molecular weight excluding hydrogens is 308 g/mol. The number of aromatic nitrogens is 3. The maximum atomic E-state index is 12.2. The Morgan fingerprint density at radius 2 is 2.14 bits per heavy atom. The third-order valence-electron chi connectivity index (χ3n) is 3.45. The van der Waals surface area contributed by atoms with E-state index in [1.54, 1.807) is 22.4 Å². The van der Waals surface area contributed by atoms with Crippen molar-refractivity contribution in [3.8, 4) is 0 Å². The second kappa shape index (κ2) is 6.10.